The Labute approximate surface area is 160 Å². The van der Waals surface area contributed by atoms with Gasteiger partial charge in [0.05, 0.1) is 33.0 Å². The van der Waals surface area contributed by atoms with Gasteiger partial charge >= 0.3 is 17.9 Å². The molecule has 0 aliphatic rings. The number of benzene rings is 2. The van der Waals surface area contributed by atoms with Crippen molar-refractivity contribution in [2.75, 3.05) is 26.6 Å². The molecule has 0 radical (unpaired) electrons. The average molecular weight is 387 g/mol. The van der Waals surface area contributed by atoms with Crippen molar-refractivity contribution in [3.63, 3.8) is 0 Å². The number of nitrogens with one attached hydrogen (secondary N) is 1. The molecule has 0 heterocycles. The fourth-order valence-electron chi connectivity index (χ4n) is 2.34. The van der Waals surface area contributed by atoms with Gasteiger partial charge in [-0.25, -0.2) is 18.8 Å². The Balaban J connectivity index is 2.38. The van der Waals surface area contributed by atoms with E-state index in [1.165, 1.54) is 39.5 Å². The molecule has 7 nitrogen and oxygen atoms in total. The number of anilines is 1. The van der Waals surface area contributed by atoms with Crippen molar-refractivity contribution in [1.82, 2.24) is 0 Å². The van der Waals surface area contributed by atoms with Crippen LogP contribution in [0.3, 0.4) is 0 Å². The first-order valence-corrected chi connectivity index (χ1v) is 8.03. The summed E-state index contributed by atoms with van der Waals surface area (Å²) in [7, 11) is 3.53. The zero-order valence-corrected chi connectivity index (χ0v) is 15.4. The normalized spacial score (nSPS) is 10.8. The first kappa shape index (κ1) is 20.6. The SMILES string of the molecule is COC(=O)/C=C(/Nc1cccc(-c2ccc(F)c(C(=O)OC)c2)c1)C(=O)OC. The highest BCUT2D eigenvalue weighted by Crippen LogP contribution is 2.26. The maximum atomic E-state index is 13.8. The predicted octanol–water partition coefficient (Wildman–Crippen LogP) is 2.92. The summed E-state index contributed by atoms with van der Waals surface area (Å²) < 4.78 is 27.6. The minimum atomic E-state index is -0.789. The van der Waals surface area contributed by atoms with E-state index in [1.54, 1.807) is 24.3 Å². The zero-order chi connectivity index (χ0) is 20.7. The van der Waals surface area contributed by atoms with Crippen LogP contribution in [0, 0.1) is 5.82 Å². The highest BCUT2D eigenvalue weighted by Gasteiger charge is 2.15. The lowest BCUT2D eigenvalue weighted by Gasteiger charge is -2.11. The van der Waals surface area contributed by atoms with Gasteiger partial charge in [0.25, 0.3) is 0 Å². The molecule has 0 aliphatic carbocycles. The lowest BCUT2D eigenvalue weighted by atomic mass is 10.0. The summed E-state index contributed by atoms with van der Waals surface area (Å²) >= 11 is 0. The van der Waals surface area contributed by atoms with Gasteiger partial charge in [-0.2, -0.15) is 0 Å². The van der Waals surface area contributed by atoms with Crippen LogP contribution in [0.4, 0.5) is 10.1 Å². The molecule has 2 aromatic carbocycles. The molecule has 1 N–H and O–H groups in total. The number of hydrogen-bond donors (Lipinski definition) is 1. The van der Waals surface area contributed by atoms with E-state index >= 15 is 0 Å². The Morgan fingerprint density at radius 1 is 0.929 bits per heavy atom. The number of ether oxygens (including phenoxy) is 3. The lowest BCUT2D eigenvalue weighted by Crippen LogP contribution is -2.15. The molecular formula is C20H18FNO6. The lowest BCUT2D eigenvalue weighted by molar-refractivity contribution is -0.138. The molecule has 0 atom stereocenters. The Morgan fingerprint density at radius 2 is 1.64 bits per heavy atom. The van der Waals surface area contributed by atoms with Crippen molar-refractivity contribution in [2.45, 2.75) is 0 Å². The van der Waals surface area contributed by atoms with Crippen LogP contribution < -0.4 is 5.32 Å². The molecule has 0 amide bonds. The van der Waals surface area contributed by atoms with Crippen molar-refractivity contribution in [2.24, 2.45) is 0 Å². The smallest absolute Gasteiger partial charge is 0.354 e. The van der Waals surface area contributed by atoms with Crippen molar-refractivity contribution in [3.8, 4) is 11.1 Å². The van der Waals surface area contributed by atoms with Gasteiger partial charge < -0.3 is 19.5 Å². The van der Waals surface area contributed by atoms with Crippen LogP contribution in [0.1, 0.15) is 10.4 Å². The van der Waals surface area contributed by atoms with Gasteiger partial charge in [0.15, 0.2) is 0 Å². The van der Waals surface area contributed by atoms with Crippen LogP contribution in [-0.2, 0) is 23.8 Å². The second-order valence-corrected chi connectivity index (χ2v) is 5.46. The molecule has 0 aromatic heterocycles. The third-order valence-corrected chi connectivity index (χ3v) is 3.72. The van der Waals surface area contributed by atoms with Gasteiger partial charge in [-0.05, 0) is 35.4 Å². The molecule has 0 unspecified atom stereocenters. The summed E-state index contributed by atoms with van der Waals surface area (Å²) in [6.07, 6.45) is 0.964. The Morgan fingerprint density at radius 3 is 2.29 bits per heavy atom. The first-order chi connectivity index (χ1) is 13.4. The van der Waals surface area contributed by atoms with Crippen LogP contribution in [0.15, 0.2) is 54.2 Å². The number of rotatable bonds is 6. The number of carbonyl (C=O) groups is 3. The van der Waals surface area contributed by atoms with Gasteiger partial charge in [0.1, 0.15) is 11.5 Å². The number of methoxy groups -OCH3 is 3. The van der Waals surface area contributed by atoms with Crippen molar-refractivity contribution in [3.05, 3.63) is 65.6 Å². The predicted molar refractivity (Wildman–Crippen MR) is 98.9 cm³/mol. The molecule has 0 aliphatic heterocycles. The van der Waals surface area contributed by atoms with Crippen molar-refractivity contribution in [1.29, 1.82) is 0 Å². The Kier molecular flexibility index (Phi) is 6.86. The second-order valence-electron chi connectivity index (χ2n) is 5.46. The van der Waals surface area contributed by atoms with Crippen molar-refractivity contribution < 1.29 is 33.0 Å². The number of carbonyl (C=O) groups excluding carboxylic acids is 3. The zero-order valence-electron chi connectivity index (χ0n) is 15.4. The minimum Gasteiger partial charge on any atom is -0.466 e. The highest BCUT2D eigenvalue weighted by molar-refractivity contribution is 5.99. The van der Waals surface area contributed by atoms with Crippen LogP contribution in [-0.4, -0.2) is 39.2 Å². The molecular weight excluding hydrogens is 369 g/mol. The third kappa shape index (κ3) is 4.94. The van der Waals surface area contributed by atoms with Gasteiger partial charge in [-0.3, -0.25) is 0 Å². The maximum absolute atomic E-state index is 13.8. The summed E-state index contributed by atoms with van der Waals surface area (Å²) in [6.45, 7) is 0. The molecule has 0 spiro atoms. The Bertz CT molecular complexity index is 938. The topological polar surface area (TPSA) is 90.9 Å². The average Bonchev–Trinajstić information content (AvgIpc) is 2.72. The molecule has 2 rings (SSSR count). The van der Waals surface area contributed by atoms with Crippen LogP contribution in [0.2, 0.25) is 0 Å². The van der Waals surface area contributed by atoms with Gasteiger partial charge in [0, 0.05) is 5.69 Å². The van der Waals surface area contributed by atoms with E-state index in [0.29, 0.717) is 16.8 Å². The van der Waals surface area contributed by atoms with Gasteiger partial charge in [0.2, 0.25) is 0 Å². The monoisotopic (exact) mass is 387 g/mol. The summed E-state index contributed by atoms with van der Waals surface area (Å²) in [4.78, 5) is 35.0. The largest absolute Gasteiger partial charge is 0.466 e. The summed E-state index contributed by atoms with van der Waals surface area (Å²) in [5.74, 6) is -2.97. The van der Waals surface area contributed by atoms with E-state index in [2.05, 4.69) is 19.5 Å². The molecule has 0 saturated carbocycles. The molecule has 0 bridgehead atoms. The van der Waals surface area contributed by atoms with Gasteiger partial charge in [-0.1, -0.05) is 18.2 Å². The van der Waals surface area contributed by atoms with Crippen LogP contribution in [0.5, 0.6) is 0 Å². The molecule has 2 aromatic rings. The second kappa shape index (κ2) is 9.31. The molecule has 28 heavy (non-hydrogen) atoms. The fraction of sp³-hybridized carbons (Fsp3) is 0.150. The fourth-order valence-corrected chi connectivity index (χ4v) is 2.34. The van der Waals surface area contributed by atoms with Crippen LogP contribution in [0.25, 0.3) is 11.1 Å². The van der Waals surface area contributed by atoms with Crippen LogP contribution >= 0.6 is 0 Å². The summed E-state index contributed by atoms with van der Waals surface area (Å²) in [6, 6.07) is 10.8. The van der Waals surface area contributed by atoms with E-state index in [4.69, 9.17) is 0 Å². The number of esters is 3. The van der Waals surface area contributed by atoms with E-state index in [1.807, 2.05) is 0 Å². The maximum Gasteiger partial charge on any atom is 0.354 e. The minimum absolute atomic E-state index is 0.124. The number of halogens is 1. The molecule has 0 saturated heterocycles. The summed E-state index contributed by atoms with van der Waals surface area (Å²) in [5, 5.41) is 2.79. The van der Waals surface area contributed by atoms with Crippen molar-refractivity contribution >= 4 is 23.6 Å². The highest BCUT2D eigenvalue weighted by atomic mass is 19.1. The quantitative estimate of drug-likeness (QED) is 0.463. The van der Waals surface area contributed by atoms with E-state index in [-0.39, 0.29) is 11.3 Å². The standard InChI is InChI=1S/C20H18FNO6/c1-26-18(23)11-17(20(25)28-3)22-14-6-4-5-12(9-14)13-7-8-16(21)15(10-13)19(24)27-2/h4-11,22H,1-3H3/b17-11+. The van der Waals surface area contributed by atoms with E-state index in [0.717, 1.165) is 6.08 Å². The molecule has 0 fully saturated rings. The molecule has 146 valence electrons. The summed E-state index contributed by atoms with van der Waals surface area (Å²) in [5.41, 5.74) is 1.33. The van der Waals surface area contributed by atoms with E-state index in [9.17, 15) is 18.8 Å². The number of hydrogen-bond acceptors (Lipinski definition) is 7. The first-order valence-electron chi connectivity index (χ1n) is 8.03. The van der Waals surface area contributed by atoms with Gasteiger partial charge in [-0.15, -0.1) is 0 Å². The Hall–Kier alpha value is -3.68. The third-order valence-electron chi connectivity index (χ3n) is 3.72. The molecule has 8 heteroatoms. The van der Waals surface area contributed by atoms with E-state index < -0.39 is 23.7 Å².